The summed E-state index contributed by atoms with van der Waals surface area (Å²) in [5.41, 5.74) is 6.76. The Balaban J connectivity index is 1.84. The van der Waals surface area contributed by atoms with Gasteiger partial charge in [-0.05, 0) is 31.4 Å². The maximum absolute atomic E-state index is 5.77. The van der Waals surface area contributed by atoms with Crippen molar-refractivity contribution >= 4 is 11.8 Å². The molecule has 0 unspecified atom stereocenters. The Morgan fingerprint density at radius 3 is 2.83 bits per heavy atom. The highest BCUT2D eigenvalue weighted by Crippen LogP contribution is 2.20. The van der Waals surface area contributed by atoms with Crippen LogP contribution in [0, 0.1) is 0 Å². The summed E-state index contributed by atoms with van der Waals surface area (Å²) in [6.45, 7) is 3.67. The standard InChI is InChI=1S/C18H26N4O2/c1-3-4-10-20-17-14(13-21-18(19)22-17)7-6-11-24-16-9-5-8-15(12-16)23-2/h5,8-9,12-13H,3-4,6-7,10-11H2,1-2H3,(H3,19,20,21,22). The van der Waals surface area contributed by atoms with Gasteiger partial charge in [0.1, 0.15) is 17.3 Å². The number of aromatic nitrogens is 2. The number of methoxy groups -OCH3 is 1. The zero-order chi connectivity index (χ0) is 17.2. The molecule has 1 heterocycles. The molecule has 6 nitrogen and oxygen atoms in total. The van der Waals surface area contributed by atoms with Gasteiger partial charge in [0, 0.05) is 24.4 Å². The minimum Gasteiger partial charge on any atom is -0.497 e. The van der Waals surface area contributed by atoms with Gasteiger partial charge >= 0.3 is 0 Å². The molecule has 24 heavy (non-hydrogen) atoms. The number of nitrogen functional groups attached to an aromatic ring is 1. The summed E-state index contributed by atoms with van der Waals surface area (Å²) in [6, 6.07) is 7.61. The highest BCUT2D eigenvalue weighted by Gasteiger charge is 2.06. The van der Waals surface area contributed by atoms with Crippen molar-refractivity contribution in [1.82, 2.24) is 9.97 Å². The molecule has 6 heteroatoms. The topological polar surface area (TPSA) is 82.3 Å². The van der Waals surface area contributed by atoms with Crippen molar-refractivity contribution in [2.24, 2.45) is 0 Å². The van der Waals surface area contributed by atoms with E-state index in [2.05, 4.69) is 22.2 Å². The third-order valence-electron chi connectivity index (χ3n) is 3.61. The van der Waals surface area contributed by atoms with Crippen molar-refractivity contribution in [3.05, 3.63) is 36.0 Å². The highest BCUT2D eigenvalue weighted by molar-refractivity contribution is 5.46. The summed E-state index contributed by atoms with van der Waals surface area (Å²) in [5.74, 6) is 2.73. The second kappa shape index (κ2) is 9.60. The van der Waals surface area contributed by atoms with Crippen molar-refractivity contribution in [2.75, 3.05) is 31.3 Å². The van der Waals surface area contributed by atoms with E-state index in [1.807, 2.05) is 24.3 Å². The fourth-order valence-corrected chi connectivity index (χ4v) is 2.28. The molecule has 0 atom stereocenters. The van der Waals surface area contributed by atoms with E-state index >= 15 is 0 Å². The largest absolute Gasteiger partial charge is 0.497 e. The van der Waals surface area contributed by atoms with E-state index in [1.165, 1.54) is 0 Å². The number of nitrogens with two attached hydrogens (primary N) is 1. The quantitative estimate of drug-likeness (QED) is 0.651. The third-order valence-corrected chi connectivity index (χ3v) is 3.61. The highest BCUT2D eigenvalue weighted by atomic mass is 16.5. The summed E-state index contributed by atoms with van der Waals surface area (Å²) in [7, 11) is 1.65. The molecule has 0 radical (unpaired) electrons. The number of unbranched alkanes of at least 4 members (excludes halogenated alkanes) is 1. The molecule has 0 aliphatic heterocycles. The number of rotatable bonds is 10. The number of ether oxygens (including phenoxy) is 2. The van der Waals surface area contributed by atoms with Crippen LogP contribution in [0.25, 0.3) is 0 Å². The third kappa shape index (κ3) is 5.61. The van der Waals surface area contributed by atoms with Gasteiger partial charge in [-0.15, -0.1) is 0 Å². The predicted molar refractivity (Wildman–Crippen MR) is 96.7 cm³/mol. The van der Waals surface area contributed by atoms with Crippen molar-refractivity contribution in [3.8, 4) is 11.5 Å². The monoisotopic (exact) mass is 330 g/mol. The molecule has 0 aliphatic carbocycles. The van der Waals surface area contributed by atoms with E-state index in [1.54, 1.807) is 13.3 Å². The first-order chi connectivity index (χ1) is 11.7. The fraction of sp³-hybridized carbons (Fsp3) is 0.444. The fourth-order valence-electron chi connectivity index (χ4n) is 2.28. The van der Waals surface area contributed by atoms with E-state index in [-0.39, 0.29) is 0 Å². The average molecular weight is 330 g/mol. The van der Waals surface area contributed by atoms with Crippen LogP contribution in [-0.4, -0.2) is 30.2 Å². The minimum atomic E-state index is 0.297. The van der Waals surface area contributed by atoms with E-state index in [0.717, 1.165) is 55.1 Å². The lowest BCUT2D eigenvalue weighted by molar-refractivity contribution is 0.308. The molecule has 0 bridgehead atoms. The van der Waals surface area contributed by atoms with Crippen LogP contribution in [-0.2, 0) is 6.42 Å². The van der Waals surface area contributed by atoms with Gasteiger partial charge in [-0.2, -0.15) is 4.98 Å². The van der Waals surface area contributed by atoms with Crippen LogP contribution in [0.3, 0.4) is 0 Å². The molecule has 0 aliphatic rings. The maximum Gasteiger partial charge on any atom is 0.221 e. The predicted octanol–water partition coefficient (Wildman–Crippen LogP) is 3.29. The Kier molecular flexibility index (Phi) is 7.14. The van der Waals surface area contributed by atoms with Crippen LogP contribution in [0.1, 0.15) is 31.7 Å². The van der Waals surface area contributed by atoms with Crippen LogP contribution in [0.4, 0.5) is 11.8 Å². The SMILES string of the molecule is CCCCNc1nc(N)ncc1CCCOc1cccc(OC)c1. The first kappa shape index (κ1) is 17.8. The van der Waals surface area contributed by atoms with Gasteiger partial charge in [-0.25, -0.2) is 4.98 Å². The zero-order valence-corrected chi connectivity index (χ0v) is 14.4. The van der Waals surface area contributed by atoms with Crippen LogP contribution in [0.2, 0.25) is 0 Å². The van der Waals surface area contributed by atoms with Crippen molar-refractivity contribution in [2.45, 2.75) is 32.6 Å². The molecule has 2 aromatic rings. The summed E-state index contributed by atoms with van der Waals surface area (Å²) >= 11 is 0. The number of hydrogen-bond donors (Lipinski definition) is 2. The van der Waals surface area contributed by atoms with Crippen LogP contribution in [0.15, 0.2) is 30.5 Å². The molecule has 0 amide bonds. The lowest BCUT2D eigenvalue weighted by Gasteiger charge is -2.11. The first-order valence-corrected chi connectivity index (χ1v) is 8.35. The van der Waals surface area contributed by atoms with Gasteiger partial charge in [0.25, 0.3) is 0 Å². The number of nitrogens with zero attached hydrogens (tertiary/aromatic N) is 2. The van der Waals surface area contributed by atoms with Gasteiger partial charge in [-0.1, -0.05) is 19.4 Å². The van der Waals surface area contributed by atoms with Crippen LogP contribution in [0.5, 0.6) is 11.5 Å². The molecular weight excluding hydrogens is 304 g/mol. The van der Waals surface area contributed by atoms with E-state index in [0.29, 0.717) is 12.6 Å². The lowest BCUT2D eigenvalue weighted by atomic mass is 10.1. The Hall–Kier alpha value is -2.50. The molecule has 2 rings (SSSR count). The smallest absolute Gasteiger partial charge is 0.221 e. The second-order valence-corrected chi connectivity index (χ2v) is 5.51. The van der Waals surface area contributed by atoms with E-state index in [9.17, 15) is 0 Å². The molecule has 0 spiro atoms. The molecule has 1 aromatic carbocycles. The van der Waals surface area contributed by atoms with Crippen molar-refractivity contribution in [3.63, 3.8) is 0 Å². The zero-order valence-electron chi connectivity index (χ0n) is 14.4. The Labute approximate surface area is 143 Å². The number of hydrogen-bond acceptors (Lipinski definition) is 6. The summed E-state index contributed by atoms with van der Waals surface area (Å²) in [6.07, 6.45) is 5.73. The molecule has 0 saturated heterocycles. The molecular formula is C18H26N4O2. The summed E-state index contributed by atoms with van der Waals surface area (Å²) < 4.78 is 11.0. The number of benzene rings is 1. The molecule has 1 aromatic heterocycles. The van der Waals surface area contributed by atoms with Gasteiger partial charge in [0.05, 0.1) is 13.7 Å². The van der Waals surface area contributed by atoms with E-state index in [4.69, 9.17) is 15.2 Å². The average Bonchev–Trinajstić information content (AvgIpc) is 2.60. The molecule has 0 fully saturated rings. The Morgan fingerprint density at radius 2 is 2.04 bits per heavy atom. The van der Waals surface area contributed by atoms with Crippen molar-refractivity contribution < 1.29 is 9.47 Å². The van der Waals surface area contributed by atoms with Crippen LogP contribution < -0.4 is 20.5 Å². The van der Waals surface area contributed by atoms with Gasteiger partial charge < -0.3 is 20.5 Å². The lowest BCUT2D eigenvalue weighted by Crippen LogP contribution is -2.09. The van der Waals surface area contributed by atoms with Gasteiger partial charge in [-0.3, -0.25) is 0 Å². The first-order valence-electron chi connectivity index (χ1n) is 8.35. The van der Waals surface area contributed by atoms with E-state index < -0.39 is 0 Å². The number of nitrogens with one attached hydrogen (secondary N) is 1. The van der Waals surface area contributed by atoms with Gasteiger partial charge in [0.2, 0.25) is 5.95 Å². The van der Waals surface area contributed by atoms with Crippen molar-refractivity contribution in [1.29, 1.82) is 0 Å². The van der Waals surface area contributed by atoms with Gasteiger partial charge in [0.15, 0.2) is 0 Å². The number of aryl methyl sites for hydroxylation is 1. The summed E-state index contributed by atoms with van der Waals surface area (Å²) in [4.78, 5) is 8.40. The number of anilines is 2. The minimum absolute atomic E-state index is 0.297. The maximum atomic E-state index is 5.77. The normalized spacial score (nSPS) is 10.4. The molecule has 3 N–H and O–H groups in total. The molecule has 130 valence electrons. The summed E-state index contributed by atoms with van der Waals surface area (Å²) in [5, 5.41) is 3.34. The Bertz CT molecular complexity index is 634. The second-order valence-electron chi connectivity index (χ2n) is 5.51. The molecule has 0 saturated carbocycles. The Morgan fingerprint density at radius 1 is 1.21 bits per heavy atom. The van der Waals surface area contributed by atoms with Crippen LogP contribution >= 0.6 is 0 Å².